The van der Waals surface area contributed by atoms with Crippen LogP contribution in [-0.2, 0) is 4.74 Å². The fourth-order valence-electron chi connectivity index (χ4n) is 1.19. The minimum absolute atomic E-state index is 0.551. The van der Waals surface area contributed by atoms with Gasteiger partial charge in [0.25, 0.3) is 0 Å². The molecule has 1 aliphatic heterocycles. The number of aliphatic hydroxyl groups excluding tert-OH is 3. The third kappa shape index (κ3) is 1.45. The van der Waals surface area contributed by atoms with Crippen LogP contribution in [0.2, 0.25) is 0 Å². The van der Waals surface area contributed by atoms with E-state index in [0.717, 1.165) is 0 Å². The molecule has 4 heteroatoms. The van der Waals surface area contributed by atoms with Crippen LogP contribution < -0.4 is 0 Å². The van der Waals surface area contributed by atoms with E-state index in [1.54, 1.807) is 6.92 Å². The molecule has 1 heterocycles. The highest BCUT2D eigenvalue weighted by Gasteiger charge is 2.40. The highest BCUT2D eigenvalue weighted by Crippen LogP contribution is 2.19. The average molecular weight is 172 g/mol. The van der Waals surface area contributed by atoms with Gasteiger partial charge in [-0.3, -0.25) is 0 Å². The number of ether oxygens (including phenoxy) is 1. The van der Waals surface area contributed by atoms with Crippen molar-refractivity contribution < 1.29 is 20.1 Å². The minimum Gasteiger partial charge on any atom is -0.388 e. The Morgan fingerprint density at radius 2 is 1.75 bits per heavy atom. The molecule has 0 amide bonds. The zero-order chi connectivity index (χ0) is 9.30. The Balaban J connectivity index is 2.72. The Hall–Kier alpha value is -0.600. The van der Waals surface area contributed by atoms with Gasteiger partial charge in [0.05, 0.1) is 6.10 Å². The van der Waals surface area contributed by atoms with Gasteiger partial charge in [0.15, 0.2) is 0 Å². The summed E-state index contributed by atoms with van der Waals surface area (Å²) in [4.78, 5) is 0. The molecule has 1 rings (SSSR count). The zero-order valence-electron chi connectivity index (χ0n) is 6.71. The second-order valence-corrected chi connectivity index (χ2v) is 2.90. The summed E-state index contributed by atoms with van der Waals surface area (Å²) in [6.07, 6.45) is 0.136. The molecule has 1 fully saturated rings. The van der Waals surface area contributed by atoms with E-state index in [1.807, 2.05) is 0 Å². The van der Waals surface area contributed by atoms with Crippen LogP contribution in [0.3, 0.4) is 0 Å². The quantitative estimate of drug-likeness (QED) is 0.388. The van der Waals surface area contributed by atoms with E-state index in [0.29, 0.717) is 0 Å². The lowest BCUT2D eigenvalue weighted by Gasteiger charge is -2.37. The van der Waals surface area contributed by atoms with E-state index < -0.39 is 30.5 Å². The molecule has 1 saturated heterocycles. The van der Waals surface area contributed by atoms with Gasteiger partial charge < -0.3 is 20.1 Å². The summed E-state index contributed by atoms with van der Waals surface area (Å²) in [6, 6.07) is 0. The van der Waals surface area contributed by atoms with Gasteiger partial charge in [-0.15, -0.1) is 6.42 Å². The van der Waals surface area contributed by atoms with Crippen molar-refractivity contribution in [1.82, 2.24) is 0 Å². The number of hydrogen-bond acceptors (Lipinski definition) is 4. The molecule has 0 aromatic carbocycles. The molecular formula is C8H12O4. The van der Waals surface area contributed by atoms with Gasteiger partial charge in [-0.05, 0) is 6.92 Å². The second-order valence-electron chi connectivity index (χ2n) is 2.90. The highest BCUT2D eigenvalue weighted by atomic mass is 16.5. The maximum Gasteiger partial charge on any atom is 0.146 e. The first kappa shape index (κ1) is 9.49. The Labute approximate surface area is 70.8 Å². The van der Waals surface area contributed by atoms with Gasteiger partial charge >= 0.3 is 0 Å². The van der Waals surface area contributed by atoms with Crippen molar-refractivity contribution in [2.45, 2.75) is 37.4 Å². The van der Waals surface area contributed by atoms with Crippen molar-refractivity contribution in [2.24, 2.45) is 0 Å². The molecule has 0 aromatic rings. The lowest BCUT2D eigenvalue weighted by Crippen LogP contribution is -2.56. The van der Waals surface area contributed by atoms with E-state index in [4.69, 9.17) is 11.2 Å². The molecule has 0 bridgehead atoms. The van der Waals surface area contributed by atoms with Crippen molar-refractivity contribution in [3.8, 4) is 12.3 Å². The highest BCUT2D eigenvalue weighted by molar-refractivity contribution is 5.05. The predicted molar refractivity (Wildman–Crippen MR) is 41.2 cm³/mol. The zero-order valence-corrected chi connectivity index (χ0v) is 6.71. The van der Waals surface area contributed by atoms with E-state index in [1.165, 1.54) is 0 Å². The predicted octanol–water partition coefficient (Wildman–Crippen LogP) is -1.51. The Bertz CT molecular complexity index is 198. The fourth-order valence-corrected chi connectivity index (χ4v) is 1.19. The summed E-state index contributed by atoms with van der Waals surface area (Å²) in [6.45, 7) is 1.59. The SMILES string of the molecule is C#CC1OC(C)C(O)C(O)C1O. The summed E-state index contributed by atoms with van der Waals surface area (Å²) in [5, 5.41) is 27.7. The third-order valence-corrected chi connectivity index (χ3v) is 2.02. The number of hydrogen-bond donors (Lipinski definition) is 3. The Kier molecular flexibility index (Phi) is 2.70. The van der Waals surface area contributed by atoms with Gasteiger partial charge in [0, 0.05) is 0 Å². The van der Waals surface area contributed by atoms with Crippen LogP contribution in [0.4, 0.5) is 0 Å². The fraction of sp³-hybridized carbons (Fsp3) is 0.750. The average Bonchev–Trinajstić information content (AvgIpc) is 2.08. The second kappa shape index (κ2) is 3.42. The Morgan fingerprint density at radius 1 is 1.17 bits per heavy atom. The number of rotatable bonds is 0. The maximum absolute atomic E-state index is 9.25. The van der Waals surface area contributed by atoms with Crippen LogP contribution in [0, 0.1) is 12.3 Å². The standard InChI is InChI=1S/C8H12O4/c1-3-5-7(10)8(11)6(9)4(2)12-5/h1,4-11H,2H3. The normalized spacial score (nSPS) is 48.4. The van der Waals surface area contributed by atoms with Crippen LogP contribution in [-0.4, -0.2) is 45.8 Å². The first-order valence-corrected chi connectivity index (χ1v) is 3.73. The molecule has 0 spiro atoms. The number of terminal acetylenes is 1. The first-order valence-electron chi connectivity index (χ1n) is 3.73. The molecule has 68 valence electrons. The summed E-state index contributed by atoms with van der Waals surface area (Å²) in [5.41, 5.74) is 0. The van der Waals surface area contributed by atoms with Gasteiger partial charge in [-0.25, -0.2) is 0 Å². The first-order chi connectivity index (χ1) is 5.57. The minimum atomic E-state index is -1.23. The summed E-state index contributed by atoms with van der Waals surface area (Å²) in [7, 11) is 0. The molecule has 5 atom stereocenters. The van der Waals surface area contributed by atoms with Crippen LogP contribution in [0.5, 0.6) is 0 Å². The van der Waals surface area contributed by atoms with Crippen molar-refractivity contribution in [1.29, 1.82) is 0 Å². The van der Waals surface area contributed by atoms with Crippen LogP contribution in [0.1, 0.15) is 6.92 Å². The largest absolute Gasteiger partial charge is 0.388 e. The molecule has 0 saturated carbocycles. The summed E-state index contributed by atoms with van der Waals surface area (Å²) in [5.74, 6) is 2.19. The topological polar surface area (TPSA) is 69.9 Å². The van der Waals surface area contributed by atoms with Crippen molar-refractivity contribution in [2.75, 3.05) is 0 Å². The molecule has 1 aliphatic rings. The molecule has 3 N–H and O–H groups in total. The number of aliphatic hydroxyl groups is 3. The van der Waals surface area contributed by atoms with Crippen molar-refractivity contribution in [3.05, 3.63) is 0 Å². The summed E-state index contributed by atoms with van der Waals surface area (Å²) >= 11 is 0. The van der Waals surface area contributed by atoms with Crippen molar-refractivity contribution in [3.63, 3.8) is 0 Å². The smallest absolute Gasteiger partial charge is 0.146 e. The molecule has 0 radical (unpaired) electrons. The third-order valence-electron chi connectivity index (χ3n) is 2.02. The van der Waals surface area contributed by atoms with E-state index in [9.17, 15) is 15.3 Å². The molecule has 5 unspecified atom stereocenters. The molecule has 0 aliphatic carbocycles. The van der Waals surface area contributed by atoms with E-state index in [-0.39, 0.29) is 0 Å². The monoisotopic (exact) mass is 172 g/mol. The van der Waals surface area contributed by atoms with Gasteiger partial charge in [0.2, 0.25) is 0 Å². The Morgan fingerprint density at radius 3 is 2.25 bits per heavy atom. The van der Waals surface area contributed by atoms with Crippen LogP contribution >= 0.6 is 0 Å². The molecule has 12 heavy (non-hydrogen) atoms. The van der Waals surface area contributed by atoms with Crippen LogP contribution in [0.15, 0.2) is 0 Å². The van der Waals surface area contributed by atoms with Gasteiger partial charge in [-0.2, -0.15) is 0 Å². The van der Waals surface area contributed by atoms with Crippen molar-refractivity contribution >= 4 is 0 Å². The summed E-state index contributed by atoms with van der Waals surface area (Å²) < 4.78 is 5.03. The molecular weight excluding hydrogens is 160 g/mol. The lowest BCUT2D eigenvalue weighted by atomic mass is 9.96. The molecule has 0 aromatic heterocycles. The lowest BCUT2D eigenvalue weighted by molar-refractivity contribution is -0.201. The van der Waals surface area contributed by atoms with E-state index in [2.05, 4.69) is 5.92 Å². The van der Waals surface area contributed by atoms with Gasteiger partial charge in [-0.1, -0.05) is 5.92 Å². The molecule has 4 nitrogen and oxygen atoms in total. The van der Waals surface area contributed by atoms with Crippen LogP contribution in [0.25, 0.3) is 0 Å². The van der Waals surface area contributed by atoms with E-state index >= 15 is 0 Å². The van der Waals surface area contributed by atoms with Gasteiger partial charge in [0.1, 0.15) is 24.4 Å². The maximum atomic E-state index is 9.25.